The summed E-state index contributed by atoms with van der Waals surface area (Å²) in [7, 11) is 0. The minimum atomic E-state index is -0.571. The van der Waals surface area contributed by atoms with E-state index in [4.69, 9.17) is 0 Å². The van der Waals surface area contributed by atoms with Crippen LogP contribution in [0.4, 0.5) is 10.5 Å². The third-order valence-corrected chi connectivity index (χ3v) is 2.47. The zero-order valence-electron chi connectivity index (χ0n) is 10.1. The lowest BCUT2D eigenvalue weighted by Gasteiger charge is -2.14. The molecular formula is C13H12N4O2. The number of pyridine rings is 1. The van der Waals surface area contributed by atoms with Crippen molar-refractivity contribution in [3.63, 3.8) is 0 Å². The normalized spacial score (nSPS) is 9.68. The van der Waals surface area contributed by atoms with Crippen LogP contribution in [0.15, 0.2) is 60.1 Å². The van der Waals surface area contributed by atoms with Crippen molar-refractivity contribution >= 4 is 11.7 Å². The number of hydrogen-bond acceptors (Lipinski definition) is 4. The highest BCUT2D eigenvalue weighted by atomic mass is 16.3. The molecule has 0 saturated heterocycles. The number of nitrogens with zero attached hydrogens (tertiary/aromatic N) is 3. The Morgan fingerprint density at radius 2 is 1.84 bits per heavy atom. The maximum Gasteiger partial charge on any atom is 0.345 e. The molecule has 6 nitrogen and oxygen atoms in total. The Labute approximate surface area is 110 Å². The monoisotopic (exact) mass is 256 g/mol. The molecular weight excluding hydrogens is 244 g/mol. The summed E-state index contributed by atoms with van der Waals surface area (Å²) in [5, 5.41) is 6.12. The number of anilines is 1. The summed E-state index contributed by atoms with van der Waals surface area (Å²) in [5.74, 6) is 0. The summed E-state index contributed by atoms with van der Waals surface area (Å²) in [6.07, 6.45) is 3.27. The van der Waals surface area contributed by atoms with E-state index in [0.717, 1.165) is 10.6 Å². The lowest BCUT2D eigenvalue weighted by Crippen LogP contribution is -2.35. The minimum absolute atomic E-state index is 0.306. The summed E-state index contributed by atoms with van der Waals surface area (Å²) >= 11 is 0. The van der Waals surface area contributed by atoms with Crippen molar-refractivity contribution in [3.05, 3.63) is 65.3 Å². The molecule has 6 heteroatoms. The predicted molar refractivity (Wildman–Crippen MR) is 71.2 cm³/mol. The van der Waals surface area contributed by atoms with Crippen molar-refractivity contribution in [2.75, 3.05) is 5.01 Å². The number of benzene rings is 1. The number of nitrogens with one attached hydrogen (secondary N) is 1. The van der Waals surface area contributed by atoms with Crippen LogP contribution in [0.25, 0.3) is 0 Å². The Morgan fingerprint density at radius 3 is 2.47 bits per heavy atom. The highest BCUT2D eigenvalue weighted by Gasteiger charge is 2.15. The van der Waals surface area contributed by atoms with E-state index < -0.39 is 6.03 Å². The van der Waals surface area contributed by atoms with Crippen molar-refractivity contribution in [2.45, 2.75) is 6.54 Å². The fraction of sp³-hybridized carbons (Fsp3) is 0.0769. The maximum absolute atomic E-state index is 11.9. The molecule has 2 amide bonds. The van der Waals surface area contributed by atoms with Gasteiger partial charge in [0.15, 0.2) is 0 Å². The zero-order valence-corrected chi connectivity index (χ0v) is 10.1. The Morgan fingerprint density at radius 1 is 1.16 bits per heavy atom. The second kappa shape index (κ2) is 6.25. The number of rotatable bonds is 4. The first-order chi connectivity index (χ1) is 9.31. The molecule has 1 heterocycles. The number of aromatic nitrogens is 1. The largest absolute Gasteiger partial charge is 0.345 e. The van der Waals surface area contributed by atoms with Crippen LogP contribution < -0.4 is 10.3 Å². The van der Waals surface area contributed by atoms with Gasteiger partial charge in [-0.3, -0.25) is 4.98 Å². The Kier molecular flexibility index (Phi) is 4.17. The number of para-hydroxylation sites is 1. The molecule has 0 saturated carbocycles. The number of amides is 2. The topological polar surface area (TPSA) is 74.7 Å². The highest BCUT2D eigenvalue weighted by molar-refractivity contribution is 5.91. The molecule has 96 valence electrons. The van der Waals surface area contributed by atoms with Gasteiger partial charge in [0.05, 0.1) is 11.0 Å². The van der Waals surface area contributed by atoms with E-state index in [1.54, 1.807) is 54.9 Å². The van der Waals surface area contributed by atoms with E-state index in [-0.39, 0.29) is 0 Å². The van der Waals surface area contributed by atoms with E-state index in [1.165, 1.54) is 0 Å². The van der Waals surface area contributed by atoms with E-state index in [1.807, 2.05) is 0 Å². The molecule has 0 aliphatic heterocycles. The molecule has 1 N–H and O–H groups in total. The van der Waals surface area contributed by atoms with Gasteiger partial charge in [-0.05, 0) is 29.8 Å². The Hall–Kier alpha value is -2.76. The van der Waals surface area contributed by atoms with Gasteiger partial charge in [0.25, 0.3) is 0 Å². The first-order valence-electron chi connectivity index (χ1n) is 5.66. The number of nitroso groups, excluding NO2 is 1. The third kappa shape index (κ3) is 3.35. The zero-order chi connectivity index (χ0) is 13.5. The molecule has 0 unspecified atom stereocenters. The summed E-state index contributed by atoms with van der Waals surface area (Å²) in [6.45, 7) is 0.306. The van der Waals surface area contributed by atoms with Gasteiger partial charge in [0.2, 0.25) is 0 Å². The number of hydrogen-bond donors (Lipinski definition) is 1. The van der Waals surface area contributed by atoms with Gasteiger partial charge in [0.1, 0.15) is 0 Å². The average molecular weight is 256 g/mol. The molecule has 0 radical (unpaired) electrons. The van der Waals surface area contributed by atoms with Gasteiger partial charge in [-0.25, -0.2) is 4.79 Å². The summed E-state index contributed by atoms with van der Waals surface area (Å²) in [4.78, 5) is 26.5. The van der Waals surface area contributed by atoms with Crippen LogP contribution in [0.3, 0.4) is 0 Å². The number of urea groups is 1. The van der Waals surface area contributed by atoms with Gasteiger partial charge in [-0.2, -0.15) is 0 Å². The second-order valence-electron chi connectivity index (χ2n) is 3.74. The van der Waals surface area contributed by atoms with E-state index >= 15 is 0 Å². The molecule has 0 bridgehead atoms. The first-order valence-corrected chi connectivity index (χ1v) is 5.66. The summed E-state index contributed by atoms with van der Waals surface area (Å²) in [6, 6.07) is 11.5. The molecule has 0 atom stereocenters. The van der Waals surface area contributed by atoms with Crippen LogP contribution in [0.5, 0.6) is 0 Å². The smallest absolute Gasteiger partial charge is 0.332 e. The standard InChI is InChI=1S/C13H12N4O2/c18-13(15-10-11-6-8-14-9-7-11)17(16-19)12-4-2-1-3-5-12/h1-9H,10H2,(H,15,18). The van der Waals surface area contributed by atoms with E-state index in [9.17, 15) is 9.70 Å². The molecule has 19 heavy (non-hydrogen) atoms. The van der Waals surface area contributed by atoms with Crippen molar-refractivity contribution in [2.24, 2.45) is 5.29 Å². The van der Waals surface area contributed by atoms with Crippen LogP contribution in [0, 0.1) is 4.91 Å². The summed E-state index contributed by atoms with van der Waals surface area (Å²) in [5.41, 5.74) is 1.31. The van der Waals surface area contributed by atoms with E-state index in [2.05, 4.69) is 15.6 Å². The van der Waals surface area contributed by atoms with Gasteiger partial charge >= 0.3 is 6.03 Å². The Bertz CT molecular complexity index is 545. The van der Waals surface area contributed by atoms with Crippen LogP contribution in [0.2, 0.25) is 0 Å². The van der Waals surface area contributed by atoms with Crippen LogP contribution in [0.1, 0.15) is 5.56 Å². The van der Waals surface area contributed by atoms with Crippen molar-refractivity contribution in [1.82, 2.24) is 10.3 Å². The SMILES string of the molecule is O=NN(C(=O)NCc1ccncc1)c1ccccc1. The van der Waals surface area contributed by atoms with Crippen molar-refractivity contribution < 1.29 is 4.79 Å². The number of carbonyl (C=O) groups excluding carboxylic acids is 1. The molecule has 2 rings (SSSR count). The summed E-state index contributed by atoms with van der Waals surface area (Å²) < 4.78 is 0. The Balaban J connectivity index is 2.00. The van der Waals surface area contributed by atoms with Crippen molar-refractivity contribution in [1.29, 1.82) is 0 Å². The van der Waals surface area contributed by atoms with Gasteiger partial charge in [-0.1, -0.05) is 18.2 Å². The minimum Gasteiger partial charge on any atom is -0.332 e. The fourth-order valence-electron chi connectivity index (χ4n) is 1.52. The lowest BCUT2D eigenvalue weighted by atomic mass is 10.3. The molecule has 1 aromatic heterocycles. The molecule has 0 spiro atoms. The van der Waals surface area contributed by atoms with Crippen molar-refractivity contribution in [3.8, 4) is 0 Å². The first kappa shape index (κ1) is 12.7. The molecule has 0 aliphatic rings. The van der Waals surface area contributed by atoms with Gasteiger partial charge in [0, 0.05) is 18.9 Å². The third-order valence-electron chi connectivity index (χ3n) is 2.47. The molecule has 0 fully saturated rings. The highest BCUT2D eigenvalue weighted by Crippen LogP contribution is 2.13. The van der Waals surface area contributed by atoms with E-state index in [0.29, 0.717) is 12.2 Å². The fourth-order valence-corrected chi connectivity index (χ4v) is 1.52. The molecule has 0 aliphatic carbocycles. The van der Waals surface area contributed by atoms with Crippen LogP contribution in [-0.4, -0.2) is 11.0 Å². The average Bonchev–Trinajstić information content (AvgIpc) is 2.48. The predicted octanol–water partition coefficient (Wildman–Crippen LogP) is 2.48. The second-order valence-corrected chi connectivity index (χ2v) is 3.74. The van der Waals surface area contributed by atoms with Gasteiger partial charge in [-0.15, -0.1) is 9.92 Å². The molecule has 1 aromatic carbocycles. The number of carbonyl (C=O) groups is 1. The maximum atomic E-state index is 11.9. The van der Waals surface area contributed by atoms with Gasteiger partial charge < -0.3 is 5.32 Å². The van der Waals surface area contributed by atoms with Crippen LogP contribution >= 0.6 is 0 Å². The molecule has 2 aromatic rings. The quantitative estimate of drug-likeness (QED) is 0.674. The lowest BCUT2D eigenvalue weighted by molar-refractivity contribution is 0.246. The van der Waals surface area contributed by atoms with Crippen LogP contribution in [-0.2, 0) is 6.54 Å².